The normalized spacial score (nSPS) is 10.9. The van der Waals surface area contributed by atoms with Gasteiger partial charge in [0.15, 0.2) is 0 Å². The second-order valence-electron chi connectivity index (χ2n) is 4.30. The molecule has 90 valence electrons. The number of aryl methyl sites for hydroxylation is 1. The number of aromatic hydroxyl groups is 1. The van der Waals surface area contributed by atoms with Gasteiger partial charge in [-0.1, -0.05) is 17.7 Å². The fourth-order valence-electron chi connectivity index (χ4n) is 2.04. The van der Waals surface area contributed by atoms with Crippen molar-refractivity contribution >= 4 is 11.0 Å². The van der Waals surface area contributed by atoms with Crippen LogP contribution in [0.15, 0.2) is 47.3 Å². The van der Waals surface area contributed by atoms with E-state index in [1.807, 2.05) is 31.2 Å². The van der Waals surface area contributed by atoms with Crippen LogP contribution in [0.4, 0.5) is 0 Å². The highest BCUT2D eigenvalue weighted by Gasteiger charge is 2.08. The van der Waals surface area contributed by atoms with Crippen LogP contribution in [0.2, 0.25) is 0 Å². The zero-order chi connectivity index (χ0) is 12.7. The number of phenols is 1. The van der Waals surface area contributed by atoms with Crippen molar-refractivity contribution in [3.63, 3.8) is 0 Å². The van der Waals surface area contributed by atoms with Gasteiger partial charge >= 0.3 is 5.69 Å². The van der Waals surface area contributed by atoms with Gasteiger partial charge in [0, 0.05) is 6.07 Å². The molecule has 2 aromatic carbocycles. The number of aromatic amines is 1. The fourth-order valence-corrected chi connectivity index (χ4v) is 2.04. The molecule has 0 saturated heterocycles. The molecule has 18 heavy (non-hydrogen) atoms. The van der Waals surface area contributed by atoms with Crippen LogP contribution in [0.3, 0.4) is 0 Å². The van der Waals surface area contributed by atoms with Crippen LogP contribution in [0.25, 0.3) is 16.7 Å². The number of phenolic OH excluding ortho intramolecular Hbond substituents is 1. The molecule has 0 bridgehead atoms. The summed E-state index contributed by atoms with van der Waals surface area (Å²) in [7, 11) is 0. The summed E-state index contributed by atoms with van der Waals surface area (Å²) in [5.41, 5.74) is 3.08. The number of imidazole rings is 1. The van der Waals surface area contributed by atoms with Crippen molar-refractivity contribution in [1.82, 2.24) is 9.55 Å². The van der Waals surface area contributed by atoms with Gasteiger partial charge in [-0.2, -0.15) is 0 Å². The molecule has 3 rings (SSSR count). The third-order valence-electron chi connectivity index (χ3n) is 2.96. The zero-order valence-corrected chi connectivity index (χ0v) is 9.84. The number of fused-ring (bicyclic) bond motifs is 1. The molecule has 0 atom stereocenters. The summed E-state index contributed by atoms with van der Waals surface area (Å²) in [6, 6.07) is 12.5. The average molecular weight is 240 g/mol. The molecule has 4 heteroatoms. The summed E-state index contributed by atoms with van der Waals surface area (Å²) in [6.45, 7) is 1.99. The van der Waals surface area contributed by atoms with Crippen molar-refractivity contribution in [2.24, 2.45) is 0 Å². The summed E-state index contributed by atoms with van der Waals surface area (Å²) in [4.78, 5) is 14.7. The molecule has 0 radical (unpaired) electrons. The SMILES string of the molecule is Cc1ccc(-n2c(=O)[nH]c3ccc(O)cc32)cc1. The number of nitrogens with zero attached hydrogens (tertiary/aromatic N) is 1. The highest BCUT2D eigenvalue weighted by atomic mass is 16.3. The largest absolute Gasteiger partial charge is 0.508 e. The quantitative estimate of drug-likeness (QED) is 0.685. The van der Waals surface area contributed by atoms with Crippen molar-refractivity contribution < 1.29 is 5.11 Å². The van der Waals surface area contributed by atoms with Crippen LogP contribution in [0.5, 0.6) is 5.75 Å². The number of nitrogens with one attached hydrogen (secondary N) is 1. The first-order valence-corrected chi connectivity index (χ1v) is 5.66. The second-order valence-corrected chi connectivity index (χ2v) is 4.30. The lowest BCUT2D eigenvalue weighted by molar-refractivity contribution is 0.476. The number of aromatic nitrogens is 2. The van der Waals surface area contributed by atoms with E-state index in [0.717, 1.165) is 11.3 Å². The van der Waals surface area contributed by atoms with E-state index in [2.05, 4.69) is 4.98 Å². The predicted octanol–water partition coefficient (Wildman–Crippen LogP) is 2.33. The predicted molar refractivity (Wildman–Crippen MR) is 70.3 cm³/mol. The minimum Gasteiger partial charge on any atom is -0.508 e. The van der Waals surface area contributed by atoms with E-state index in [-0.39, 0.29) is 11.4 Å². The van der Waals surface area contributed by atoms with E-state index in [1.54, 1.807) is 22.8 Å². The van der Waals surface area contributed by atoms with E-state index in [0.29, 0.717) is 11.0 Å². The van der Waals surface area contributed by atoms with Gasteiger partial charge in [-0.05, 0) is 31.2 Å². The summed E-state index contributed by atoms with van der Waals surface area (Å²) in [5.74, 6) is 0.141. The Balaban J connectivity index is 2.34. The first kappa shape index (κ1) is 10.7. The van der Waals surface area contributed by atoms with Gasteiger partial charge in [-0.3, -0.25) is 4.57 Å². The highest BCUT2D eigenvalue weighted by Crippen LogP contribution is 2.20. The van der Waals surface area contributed by atoms with Crippen LogP contribution in [-0.4, -0.2) is 14.7 Å². The van der Waals surface area contributed by atoms with Crippen LogP contribution in [0, 0.1) is 6.92 Å². The topological polar surface area (TPSA) is 58.0 Å². The van der Waals surface area contributed by atoms with E-state index < -0.39 is 0 Å². The van der Waals surface area contributed by atoms with Crippen LogP contribution in [0.1, 0.15) is 5.56 Å². The second kappa shape index (κ2) is 3.77. The van der Waals surface area contributed by atoms with Crippen LogP contribution in [-0.2, 0) is 0 Å². The average Bonchev–Trinajstić information content (AvgIpc) is 2.66. The lowest BCUT2D eigenvalue weighted by atomic mass is 10.2. The Kier molecular flexibility index (Phi) is 2.23. The number of benzene rings is 2. The van der Waals surface area contributed by atoms with Crippen LogP contribution >= 0.6 is 0 Å². The molecule has 0 amide bonds. The van der Waals surface area contributed by atoms with Crippen molar-refractivity contribution in [1.29, 1.82) is 0 Å². The number of H-pyrrole nitrogens is 1. The molecule has 0 fully saturated rings. The summed E-state index contributed by atoms with van der Waals surface area (Å²) >= 11 is 0. The molecule has 3 aromatic rings. The monoisotopic (exact) mass is 240 g/mol. The number of rotatable bonds is 1. The summed E-state index contributed by atoms with van der Waals surface area (Å²) in [6.07, 6.45) is 0. The van der Waals surface area contributed by atoms with E-state index >= 15 is 0 Å². The van der Waals surface area contributed by atoms with Gasteiger partial charge in [0.05, 0.1) is 16.7 Å². The molecule has 4 nitrogen and oxygen atoms in total. The minimum absolute atomic E-state index is 0.141. The van der Waals surface area contributed by atoms with Gasteiger partial charge in [0.2, 0.25) is 0 Å². The maximum absolute atomic E-state index is 12.0. The smallest absolute Gasteiger partial charge is 0.331 e. The lowest BCUT2D eigenvalue weighted by Crippen LogP contribution is -2.14. The van der Waals surface area contributed by atoms with Gasteiger partial charge in [-0.25, -0.2) is 4.79 Å². The van der Waals surface area contributed by atoms with E-state index in [1.165, 1.54) is 0 Å². The molecule has 0 aliphatic carbocycles. The molecule has 0 aliphatic heterocycles. The maximum atomic E-state index is 12.0. The Hall–Kier alpha value is -2.49. The van der Waals surface area contributed by atoms with Crippen molar-refractivity contribution in [2.45, 2.75) is 6.92 Å². The molecular weight excluding hydrogens is 228 g/mol. The summed E-state index contributed by atoms with van der Waals surface area (Å²) in [5, 5.41) is 9.53. The Labute approximate surface area is 103 Å². The molecule has 1 heterocycles. The Morgan fingerprint density at radius 1 is 1.11 bits per heavy atom. The van der Waals surface area contributed by atoms with Gasteiger partial charge in [-0.15, -0.1) is 0 Å². The first-order valence-electron chi connectivity index (χ1n) is 5.66. The molecule has 0 aliphatic rings. The molecule has 1 aromatic heterocycles. The first-order chi connectivity index (χ1) is 8.65. The van der Waals surface area contributed by atoms with E-state index in [9.17, 15) is 9.90 Å². The molecule has 0 spiro atoms. The summed E-state index contributed by atoms with van der Waals surface area (Å²) < 4.78 is 1.55. The minimum atomic E-state index is -0.209. The standard InChI is InChI=1S/C14H12N2O2/c1-9-2-4-10(5-3-9)16-13-8-11(17)6-7-12(13)15-14(16)18/h2-8,17H,1H3,(H,15,18). The lowest BCUT2D eigenvalue weighted by Gasteiger charge is -2.03. The Morgan fingerprint density at radius 3 is 2.56 bits per heavy atom. The van der Waals surface area contributed by atoms with Crippen LogP contribution < -0.4 is 5.69 Å². The van der Waals surface area contributed by atoms with Gasteiger partial charge in [0.25, 0.3) is 0 Å². The third-order valence-corrected chi connectivity index (χ3v) is 2.96. The third kappa shape index (κ3) is 1.59. The Bertz CT molecular complexity index is 767. The highest BCUT2D eigenvalue weighted by molar-refractivity contribution is 5.78. The Morgan fingerprint density at radius 2 is 1.83 bits per heavy atom. The zero-order valence-electron chi connectivity index (χ0n) is 9.84. The molecule has 0 unspecified atom stereocenters. The molecule has 0 saturated carbocycles. The van der Waals surface area contributed by atoms with Crippen molar-refractivity contribution in [3.05, 3.63) is 58.5 Å². The van der Waals surface area contributed by atoms with Crippen molar-refractivity contribution in [2.75, 3.05) is 0 Å². The van der Waals surface area contributed by atoms with E-state index in [4.69, 9.17) is 0 Å². The molecule has 2 N–H and O–H groups in total. The fraction of sp³-hybridized carbons (Fsp3) is 0.0714. The van der Waals surface area contributed by atoms with Crippen molar-refractivity contribution in [3.8, 4) is 11.4 Å². The maximum Gasteiger partial charge on any atom is 0.331 e. The number of hydrogen-bond acceptors (Lipinski definition) is 2. The molecular formula is C14H12N2O2. The number of hydrogen-bond donors (Lipinski definition) is 2. The van der Waals surface area contributed by atoms with Gasteiger partial charge < -0.3 is 10.1 Å². The van der Waals surface area contributed by atoms with Gasteiger partial charge in [0.1, 0.15) is 5.75 Å².